The predicted octanol–water partition coefficient (Wildman–Crippen LogP) is 3.64. The van der Waals surface area contributed by atoms with Gasteiger partial charge in [0, 0.05) is 6.04 Å². The number of rotatable bonds is 5. The second kappa shape index (κ2) is 5.73. The van der Waals surface area contributed by atoms with Gasteiger partial charge in [-0.3, -0.25) is 0 Å². The van der Waals surface area contributed by atoms with Crippen molar-refractivity contribution in [3.8, 4) is 0 Å². The van der Waals surface area contributed by atoms with E-state index in [1.807, 2.05) is 0 Å². The van der Waals surface area contributed by atoms with Gasteiger partial charge in [-0.1, -0.05) is 13.8 Å². The minimum atomic E-state index is -0.294. The van der Waals surface area contributed by atoms with Gasteiger partial charge in [-0.15, -0.1) is 0 Å². The molecular formula is C13H21FN2. The maximum atomic E-state index is 12.8. The van der Waals surface area contributed by atoms with Crippen molar-refractivity contribution in [2.24, 2.45) is 5.92 Å². The lowest BCUT2D eigenvalue weighted by Gasteiger charge is -2.17. The fourth-order valence-electron chi connectivity index (χ4n) is 1.59. The summed E-state index contributed by atoms with van der Waals surface area (Å²) < 4.78 is 12.8. The molecule has 16 heavy (non-hydrogen) atoms. The van der Waals surface area contributed by atoms with Crippen molar-refractivity contribution in [3.63, 3.8) is 0 Å². The molecular weight excluding hydrogens is 203 g/mol. The van der Waals surface area contributed by atoms with Gasteiger partial charge in [-0.25, -0.2) is 4.39 Å². The predicted molar refractivity (Wildman–Crippen MR) is 68.0 cm³/mol. The Morgan fingerprint density at radius 3 is 2.50 bits per heavy atom. The van der Waals surface area contributed by atoms with Crippen LogP contribution in [0, 0.1) is 11.7 Å². The van der Waals surface area contributed by atoms with Crippen molar-refractivity contribution >= 4 is 11.4 Å². The second-order valence-corrected chi connectivity index (χ2v) is 4.75. The average molecular weight is 224 g/mol. The molecule has 90 valence electrons. The monoisotopic (exact) mass is 224 g/mol. The zero-order chi connectivity index (χ0) is 12.1. The second-order valence-electron chi connectivity index (χ2n) is 4.75. The molecule has 0 saturated carbocycles. The lowest BCUT2D eigenvalue weighted by Crippen LogP contribution is -2.16. The van der Waals surface area contributed by atoms with Gasteiger partial charge in [0.25, 0.3) is 0 Å². The summed E-state index contributed by atoms with van der Waals surface area (Å²) in [5, 5.41) is 3.30. The maximum absolute atomic E-state index is 12.8. The van der Waals surface area contributed by atoms with E-state index in [1.54, 1.807) is 6.07 Å². The molecule has 0 aliphatic rings. The minimum Gasteiger partial charge on any atom is -0.397 e. The Morgan fingerprint density at radius 2 is 1.94 bits per heavy atom. The summed E-state index contributed by atoms with van der Waals surface area (Å²) in [7, 11) is 0. The molecule has 1 unspecified atom stereocenters. The molecule has 0 amide bonds. The largest absolute Gasteiger partial charge is 0.397 e. The number of anilines is 2. The lowest BCUT2D eigenvalue weighted by molar-refractivity contribution is 0.528. The van der Waals surface area contributed by atoms with Crippen LogP contribution in [-0.2, 0) is 0 Å². The molecule has 2 nitrogen and oxygen atoms in total. The maximum Gasteiger partial charge on any atom is 0.125 e. The van der Waals surface area contributed by atoms with Crippen LogP contribution in [-0.4, -0.2) is 6.04 Å². The Kier molecular flexibility index (Phi) is 4.59. The molecule has 1 aromatic rings. The smallest absolute Gasteiger partial charge is 0.125 e. The lowest BCUT2D eigenvalue weighted by atomic mass is 10.0. The van der Waals surface area contributed by atoms with Gasteiger partial charge in [-0.05, 0) is 43.9 Å². The van der Waals surface area contributed by atoms with E-state index in [4.69, 9.17) is 5.73 Å². The van der Waals surface area contributed by atoms with E-state index >= 15 is 0 Å². The summed E-state index contributed by atoms with van der Waals surface area (Å²) in [6.07, 6.45) is 2.27. The third-order valence-electron chi connectivity index (χ3n) is 2.59. The first-order valence-corrected chi connectivity index (χ1v) is 5.80. The van der Waals surface area contributed by atoms with Crippen molar-refractivity contribution in [1.29, 1.82) is 0 Å². The van der Waals surface area contributed by atoms with Crippen molar-refractivity contribution in [3.05, 3.63) is 24.0 Å². The molecule has 0 aliphatic heterocycles. The third-order valence-corrected chi connectivity index (χ3v) is 2.59. The Balaban J connectivity index is 2.52. The summed E-state index contributed by atoms with van der Waals surface area (Å²) in [6.45, 7) is 6.53. The van der Waals surface area contributed by atoms with E-state index in [1.165, 1.54) is 18.6 Å². The molecule has 0 aromatic heterocycles. The average Bonchev–Trinajstić information content (AvgIpc) is 2.19. The van der Waals surface area contributed by atoms with E-state index < -0.39 is 0 Å². The Hall–Kier alpha value is -1.25. The molecule has 0 spiro atoms. The van der Waals surface area contributed by atoms with E-state index in [2.05, 4.69) is 26.1 Å². The van der Waals surface area contributed by atoms with Crippen LogP contribution < -0.4 is 11.1 Å². The summed E-state index contributed by atoms with van der Waals surface area (Å²) in [6, 6.07) is 4.82. The SMILES string of the molecule is CC(C)CCC(C)Nc1ccc(F)cc1N. The molecule has 1 atom stereocenters. The highest BCUT2D eigenvalue weighted by molar-refractivity contribution is 5.66. The van der Waals surface area contributed by atoms with E-state index in [0.29, 0.717) is 17.6 Å². The van der Waals surface area contributed by atoms with Crippen LogP contribution in [0.3, 0.4) is 0 Å². The highest BCUT2D eigenvalue weighted by Crippen LogP contribution is 2.21. The zero-order valence-corrected chi connectivity index (χ0v) is 10.3. The summed E-state index contributed by atoms with van der Waals surface area (Å²) >= 11 is 0. The van der Waals surface area contributed by atoms with Crippen molar-refractivity contribution < 1.29 is 4.39 Å². The molecule has 3 heteroatoms. The van der Waals surface area contributed by atoms with Gasteiger partial charge in [0.1, 0.15) is 5.82 Å². The summed E-state index contributed by atoms with van der Waals surface area (Å²) in [4.78, 5) is 0. The number of benzene rings is 1. The molecule has 1 aromatic carbocycles. The number of nitrogens with one attached hydrogen (secondary N) is 1. The number of halogens is 1. The quantitative estimate of drug-likeness (QED) is 0.749. The topological polar surface area (TPSA) is 38.0 Å². The van der Waals surface area contributed by atoms with Crippen LogP contribution in [0.1, 0.15) is 33.6 Å². The van der Waals surface area contributed by atoms with Gasteiger partial charge in [-0.2, -0.15) is 0 Å². The summed E-state index contributed by atoms with van der Waals surface area (Å²) in [5.41, 5.74) is 7.01. The first-order chi connectivity index (χ1) is 7.49. The molecule has 0 bridgehead atoms. The van der Waals surface area contributed by atoms with Gasteiger partial charge in [0.05, 0.1) is 11.4 Å². The normalized spacial score (nSPS) is 12.8. The zero-order valence-electron chi connectivity index (χ0n) is 10.3. The number of nitrogens with two attached hydrogens (primary N) is 1. The van der Waals surface area contributed by atoms with Crippen LogP contribution in [0.4, 0.5) is 15.8 Å². The summed E-state index contributed by atoms with van der Waals surface area (Å²) in [5.74, 6) is 0.410. The van der Waals surface area contributed by atoms with Gasteiger partial charge < -0.3 is 11.1 Å². The van der Waals surface area contributed by atoms with E-state index in [-0.39, 0.29) is 5.82 Å². The third kappa shape index (κ3) is 4.09. The molecule has 0 heterocycles. The van der Waals surface area contributed by atoms with Crippen LogP contribution in [0.15, 0.2) is 18.2 Å². The molecule has 3 N–H and O–H groups in total. The van der Waals surface area contributed by atoms with Crippen molar-refractivity contribution in [2.75, 3.05) is 11.1 Å². The van der Waals surface area contributed by atoms with Crippen LogP contribution in [0.25, 0.3) is 0 Å². The fraction of sp³-hybridized carbons (Fsp3) is 0.538. The van der Waals surface area contributed by atoms with Crippen molar-refractivity contribution in [2.45, 2.75) is 39.7 Å². The molecule has 0 saturated heterocycles. The molecule has 0 aliphatic carbocycles. The Morgan fingerprint density at radius 1 is 1.25 bits per heavy atom. The highest BCUT2D eigenvalue weighted by Gasteiger charge is 2.06. The minimum absolute atomic E-state index is 0.294. The van der Waals surface area contributed by atoms with Crippen LogP contribution in [0.2, 0.25) is 0 Å². The van der Waals surface area contributed by atoms with E-state index in [0.717, 1.165) is 12.1 Å². The van der Waals surface area contributed by atoms with Crippen LogP contribution >= 0.6 is 0 Å². The molecule has 0 fully saturated rings. The van der Waals surface area contributed by atoms with Crippen LogP contribution in [0.5, 0.6) is 0 Å². The number of hydrogen-bond acceptors (Lipinski definition) is 2. The van der Waals surface area contributed by atoms with E-state index in [9.17, 15) is 4.39 Å². The Bertz CT molecular complexity index is 337. The number of nitrogen functional groups attached to an aromatic ring is 1. The first kappa shape index (κ1) is 12.8. The van der Waals surface area contributed by atoms with Gasteiger partial charge in [0.2, 0.25) is 0 Å². The standard InChI is InChI=1S/C13H21FN2/c1-9(2)4-5-10(3)16-13-7-6-11(14)8-12(13)15/h6-10,16H,4-5,15H2,1-3H3. The first-order valence-electron chi connectivity index (χ1n) is 5.80. The fourth-order valence-corrected chi connectivity index (χ4v) is 1.59. The highest BCUT2D eigenvalue weighted by atomic mass is 19.1. The molecule has 1 rings (SSSR count). The van der Waals surface area contributed by atoms with Gasteiger partial charge in [0.15, 0.2) is 0 Å². The molecule has 0 radical (unpaired) electrons. The van der Waals surface area contributed by atoms with Gasteiger partial charge >= 0.3 is 0 Å². The van der Waals surface area contributed by atoms with Crippen molar-refractivity contribution in [1.82, 2.24) is 0 Å². The Labute approximate surface area is 97.0 Å². The number of hydrogen-bond donors (Lipinski definition) is 2.